The summed E-state index contributed by atoms with van der Waals surface area (Å²) >= 11 is 0. The maximum absolute atomic E-state index is 11.6. The van der Waals surface area contributed by atoms with Gasteiger partial charge in [-0.25, -0.2) is 13.1 Å². The lowest BCUT2D eigenvalue weighted by Gasteiger charge is -2.31. The largest absolute Gasteiger partial charge is 0.212 e. The molecule has 16 heavy (non-hydrogen) atoms. The van der Waals surface area contributed by atoms with E-state index < -0.39 is 10.0 Å². The monoisotopic (exact) mass is 243 g/mol. The van der Waals surface area contributed by atoms with E-state index in [9.17, 15) is 8.42 Å². The first-order chi connectivity index (χ1) is 7.61. The van der Waals surface area contributed by atoms with Crippen molar-refractivity contribution in [1.82, 2.24) is 4.72 Å². The SMILES string of the molecule is CCS(=O)(=O)NC1CC2CC1C1CCCC21. The van der Waals surface area contributed by atoms with Crippen molar-refractivity contribution in [3.63, 3.8) is 0 Å². The van der Waals surface area contributed by atoms with Crippen LogP contribution in [0.5, 0.6) is 0 Å². The first-order valence-corrected chi connectivity index (χ1v) is 8.26. The Balaban J connectivity index is 1.73. The summed E-state index contributed by atoms with van der Waals surface area (Å²) in [6, 6.07) is 0.259. The summed E-state index contributed by atoms with van der Waals surface area (Å²) in [5.41, 5.74) is 0. The van der Waals surface area contributed by atoms with Gasteiger partial charge in [0.15, 0.2) is 0 Å². The van der Waals surface area contributed by atoms with Gasteiger partial charge in [0.25, 0.3) is 0 Å². The van der Waals surface area contributed by atoms with Gasteiger partial charge in [-0.2, -0.15) is 0 Å². The first kappa shape index (κ1) is 11.0. The highest BCUT2D eigenvalue weighted by atomic mass is 32.2. The van der Waals surface area contributed by atoms with E-state index in [0.717, 1.165) is 24.2 Å². The van der Waals surface area contributed by atoms with Crippen LogP contribution in [0.3, 0.4) is 0 Å². The van der Waals surface area contributed by atoms with Gasteiger partial charge in [0, 0.05) is 6.04 Å². The summed E-state index contributed by atoms with van der Waals surface area (Å²) in [4.78, 5) is 0. The van der Waals surface area contributed by atoms with Crippen LogP contribution >= 0.6 is 0 Å². The van der Waals surface area contributed by atoms with E-state index in [2.05, 4.69) is 4.72 Å². The van der Waals surface area contributed by atoms with Crippen molar-refractivity contribution in [2.24, 2.45) is 23.7 Å². The Morgan fingerprint density at radius 1 is 1.12 bits per heavy atom. The molecule has 1 N–H and O–H groups in total. The minimum Gasteiger partial charge on any atom is -0.212 e. The van der Waals surface area contributed by atoms with Crippen LogP contribution < -0.4 is 4.72 Å². The molecule has 0 aromatic carbocycles. The molecule has 0 saturated heterocycles. The van der Waals surface area contributed by atoms with E-state index in [0.29, 0.717) is 5.92 Å². The number of rotatable bonds is 3. The lowest BCUT2D eigenvalue weighted by atomic mass is 9.79. The topological polar surface area (TPSA) is 46.2 Å². The lowest BCUT2D eigenvalue weighted by Crippen LogP contribution is -2.42. The van der Waals surface area contributed by atoms with E-state index in [-0.39, 0.29) is 11.8 Å². The van der Waals surface area contributed by atoms with Crippen LogP contribution in [-0.2, 0) is 10.0 Å². The minimum atomic E-state index is -3.00. The van der Waals surface area contributed by atoms with Gasteiger partial charge >= 0.3 is 0 Å². The summed E-state index contributed by atoms with van der Waals surface area (Å²) in [5.74, 6) is 3.46. The normalized spacial score (nSPS) is 46.2. The molecule has 0 heterocycles. The molecule has 5 atom stereocenters. The molecule has 3 fully saturated rings. The highest BCUT2D eigenvalue weighted by molar-refractivity contribution is 7.89. The molecule has 0 aromatic heterocycles. The fraction of sp³-hybridized carbons (Fsp3) is 1.00. The predicted molar refractivity (Wildman–Crippen MR) is 63.4 cm³/mol. The van der Waals surface area contributed by atoms with Crippen molar-refractivity contribution in [2.75, 3.05) is 5.75 Å². The molecule has 5 unspecified atom stereocenters. The summed E-state index contributed by atoms with van der Waals surface area (Å²) in [6.45, 7) is 1.72. The fourth-order valence-corrected chi connectivity index (χ4v) is 5.42. The van der Waals surface area contributed by atoms with Crippen LogP contribution in [0.25, 0.3) is 0 Å². The van der Waals surface area contributed by atoms with E-state index in [1.54, 1.807) is 6.92 Å². The van der Waals surface area contributed by atoms with E-state index in [1.807, 2.05) is 0 Å². The highest BCUT2D eigenvalue weighted by Gasteiger charge is 2.54. The van der Waals surface area contributed by atoms with Crippen LogP contribution in [0.1, 0.15) is 39.0 Å². The Hall–Kier alpha value is -0.0900. The van der Waals surface area contributed by atoms with Gasteiger partial charge < -0.3 is 0 Å². The third-order valence-electron chi connectivity index (χ3n) is 5.14. The third kappa shape index (κ3) is 1.61. The molecule has 3 saturated carbocycles. The van der Waals surface area contributed by atoms with Crippen molar-refractivity contribution in [3.8, 4) is 0 Å². The Labute approximate surface area is 98.0 Å². The quantitative estimate of drug-likeness (QED) is 0.821. The molecule has 92 valence electrons. The van der Waals surface area contributed by atoms with Gasteiger partial charge in [0.05, 0.1) is 5.75 Å². The molecule has 3 aliphatic rings. The van der Waals surface area contributed by atoms with Crippen LogP contribution in [0.15, 0.2) is 0 Å². The molecule has 4 heteroatoms. The second kappa shape index (κ2) is 3.70. The number of nitrogens with one attached hydrogen (secondary N) is 1. The summed E-state index contributed by atoms with van der Waals surface area (Å²) in [7, 11) is -3.00. The smallest absolute Gasteiger partial charge is 0.211 e. The summed E-state index contributed by atoms with van der Waals surface area (Å²) < 4.78 is 26.1. The van der Waals surface area contributed by atoms with Gasteiger partial charge in [0.1, 0.15) is 0 Å². The van der Waals surface area contributed by atoms with Gasteiger partial charge in [-0.3, -0.25) is 0 Å². The van der Waals surface area contributed by atoms with Crippen LogP contribution in [-0.4, -0.2) is 20.2 Å². The molecular formula is C12H21NO2S. The molecule has 2 bridgehead atoms. The van der Waals surface area contributed by atoms with Gasteiger partial charge in [0.2, 0.25) is 10.0 Å². The zero-order valence-electron chi connectivity index (χ0n) is 9.85. The van der Waals surface area contributed by atoms with Crippen LogP contribution in [0.2, 0.25) is 0 Å². The predicted octanol–water partition coefficient (Wildman–Crippen LogP) is 1.75. The zero-order valence-corrected chi connectivity index (χ0v) is 10.7. The maximum Gasteiger partial charge on any atom is 0.211 e. The van der Waals surface area contributed by atoms with E-state index in [4.69, 9.17) is 0 Å². The Kier molecular flexibility index (Phi) is 2.55. The van der Waals surface area contributed by atoms with Crippen molar-refractivity contribution >= 4 is 10.0 Å². The second-order valence-corrected chi connectivity index (χ2v) is 7.82. The van der Waals surface area contributed by atoms with Gasteiger partial charge in [-0.05, 0) is 56.3 Å². The molecule has 0 spiro atoms. The summed E-state index contributed by atoms with van der Waals surface area (Å²) in [6.07, 6.45) is 6.50. The summed E-state index contributed by atoms with van der Waals surface area (Å²) in [5, 5.41) is 0. The maximum atomic E-state index is 11.6. The fourth-order valence-electron chi connectivity index (χ4n) is 4.52. The molecule has 3 nitrogen and oxygen atoms in total. The zero-order chi connectivity index (χ0) is 11.3. The van der Waals surface area contributed by atoms with E-state index in [1.165, 1.54) is 25.7 Å². The number of hydrogen-bond acceptors (Lipinski definition) is 2. The van der Waals surface area contributed by atoms with Crippen molar-refractivity contribution in [1.29, 1.82) is 0 Å². The average molecular weight is 243 g/mol. The number of hydrogen-bond donors (Lipinski definition) is 1. The second-order valence-electron chi connectivity index (χ2n) is 5.78. The Morgan fingerprint density at radius 2 is 1.88 bits per heavy atom. The van der Waals surface area contributed by atoms with Gasteiger partial charge in [-0.1, -0.05) is 6.42 Å². The molecule has 3 rings (SSSR count). The molecular weight excluding hydrogens is 222 g/mol. The van der Waals surface area contributed by atoms with Gasteiger partial charge in [-0.15, -0.1) is 0 Å². The molecule has 0 amide bonds. The third-order valence-corrected chi connectivity index (χ3v) is 6.56. The molecule has 0 aromatic rings. The van der Waals surface area contributed by atoms with Crippen molar-refractivity contribution in [3.05, 3.63) is 0 Å². The Bertz CT molecular complexity index is 378. The van der Waals surface area contributed by atoms with E-state index >= 15 is 0 Å². The molecule has 3 aliphatic carbocycles. The van der Waals surface area contributed by atoms with Crippen LogP contribution in [0.4, 0.5) is 0 Å². The number of sulfonamides is 1. The van der Waals surface area contributed by atoms with Crippen molar-refractivity contribution in [2.45, 2.75) is 45.1 Å². The van der Waals surface area contributed by atoms with Crippen molar-refractivity contribution < 1.29 is 8.42 Å². The standard InChI is InChI=1S/C12H21NO2S/c1-2-16(14,15)13-12-7-8-6-11(12)10-5-3-4-9(8)10/h8-13H,2-7H2,1H3. The lowest BCUT2D eigenvalue weighted by molar-refractivity contribution is 0.224. The minimum absolute atomic E-state index is 0.217. The first-order valence-electron chi connectivity index (χ1n) is 6.60. The highest BCUT2D eigenvalue weighted by Crippen LogP contribution is 2.58. The van der Waals surface area contributed by atoms with Crippen LogP contribution in [0, 0.1) is 23.7 Å². The molecule has 0 aliphatic heterocycles. The average Bonchev–Trinajstić information content (AvgIpc) is 2.85. The Morgan fingerprint density at radius 3 is 2.62 bits per heavy atom. The molecule has 0 radical (unpaired) electrons. The number of fused-ring (bicyclic) bond motifs is 5.